The highest BCUT2D eigenvalue weighted by molar-refractivity contribution is 8.00. The molecule has 2 N–H and O–H groups in total. The van der Waals surface area contributed by atoms with Crippen molar-refractivity contribution in [2.45, 2.75) is 4.90 Å². The Kier molecular flexibility index (Phi) is 5.73. The monoisotopic (exact) mass is 417 g/mol. The summed E-state index contributed by atoms with van der Waals surface area (Å²) < 4.78 is 0.886. The Labute approximate surface area is 161 Å². The summed E-state index contributed by atoms with van der Waals surface area (Å²) in [7, 11) is 0. The van der Waals surface area contributed by atoms with Crippen molar-refractivity contribution in [3.8, 4) is 0 Å². The fourth-order valence-electron chi connectivity index (χ4n) is 1.83. The number of hydrogen-bond donors (Lipinski definition) is 2. The number of hydrogen-bond acceptors (Lipinski definition) is 5. The summed E-state index contributed by atoms with van der Waals surface area (Å²) in [5.74, 6) is 0.102. The van der Waals surface area contributed by atoms with Crippen molar-refractivity contribution in [2.24, 2.45) is 0 Å². The average molecular weight is 419 g/mol. The quantitative estimate of drug-likeness (QED) is 0.425. The van der Waals surface area contributed by atoms with Crippen molar-refractivity contribution in [1.29, 1.82) is 0 Å². The first kappa shape index (κ1) is 17.6. The van der Waals surface area contributed by atoms with Gasteiger partial charge >= 0.3 is 0 Å². The van der Waals surface area contributed by atoms with E-state index in [1.807, 2.05) is 18.2 Å². The van der Waals surface area contributed by atoms with Crippen molar-refractivity contribution in [3.05, 3.63) is 51.5 Å². The lowest BCUT2D eigenvalue weighted by molar-refractivity contribution is -0.118. The van der Waals surface area contributed by atoms with Gasteiger partial charge in [0.15, 0.2) is 0 Å². The Bertz CT molecular complexity index is 884. The summed E-state index contributed by atoms with van der Waals surface area (Å²) in [6.07, 6.45) is 0. The molecule has 3 aromatic rings. The van der Waals surface area contributed by atoms with Gasteiger partial charge in [-0.25, -0.2) is 4.98 Å². The van der Waals surface area contributed by atoms with E-state index in [1.54, 1.807) is 18.2 Å². The van der Waals surface area contributed by atoms with E-state index in [0.717, 1.165) is 9.60 Å². The van der Waals surface area contributed by atoms with E-state index in [0.29, 0.717) is 25.7 Å². The first-order valence-electron chi connectivity index (χ1n) is 6.70. The number of carbonyl (C=O) groups is 1. The number of thioether (sulfide) groups is 1. The second-order valence-corrected chi connectivity index (χ2v) is 7.94. The molecular weight excluding hydrogens is 409 g/mol. The number of carbonyl (C=O) groups excluding carboxylic acids is 1. The molecule has 0 aliphatic carbocycles. The van der Waals surface area contributed by atoms with Gasteiger partial charge in [0, 0.05) is 9.92 Å². The number of nitrogens with zero attached hydrogens (tertiary/aromatic N) is 1. The Balaban J connectivity index is 1.56. The molecule has 0 unspecified atom stereocenters. The predicted octanol–water partition coefficient (Wildman–Crippen LogP) is 5.49. The van der Waals surface area contributed by atoms with Gasteiger partial charge in [-0.15, -0.1) is 11.8 Å². The van der Waals surface area contributed by atoms with E-state index in [4.69, 9.17) is 34.8 Å². The van der Waals surface area contributed by atoms with Crippen LogP contribution in [0.1, 0.15) is 0 Å². The van der Waals surface area contributed by atoms with Gasteiger partial charge in [-0.1, -0.05) is 46.1 Å². The molecule has 124 valence electrons. The molecule has 3 rings (SSSR count). The van der Waals surface area contributed by atoms with Crippen molar-refractivity contribution in [1.82, 2.24) is 10.4 Å². The lowest BCUT2D eigenvalue weighted by Gasteiger charge is -2.05. The van der Waals surface area contributed by atoms with Gasteiger partial charge in [0.1, 0.15) is 5.52 Å². The van der Waals surface area contributed by atoms with Crippen LogP contribution < -0.4 is 10.9 Å². The predicted molar refractivity (Wildman–Crippen MR) is 104 cm³/mol. The third-order valence-corrected chi connectivity index (χ3v) is 5.94. The summed E-state index contributed by atoms with van der Waals surface area (Å²) in [5, 5.41) is 2.06. The first-order chi connectivity index (χ1) is 11.5. The molecule has 2 aromatic carbocycles. The summed E-state index contributed by atoms with van der Waals surface area (Å²) in [6, 6.07) is 10.9. The highest BCUT2D eigenvalue weighted by Gasteiger charge is 2.10. The molecule has 1 heterocycles. The van der Waals surface area contributed by atoms with Crippen LogP contribution in [0.2, 0.25) is 15.1 Å². The van der Waals surface area contributed by atoms with Gasteiger partial charge in [0.25, 0.3) is 0 Å². The number of anilines is 1. The number of fused-ring (bicyclic) bond motifs is 1. The van der Waals surface area contributed by atoms with Crippen LogP contribution in [-0.4, -0.2) is 16.6 Å². The minimum absolute atomic E-state index is 0.168. The van der Waals surface area contributed by atoms with E-state index >= 15 is 0 Å². The maximum Gasteiger partial charge on any atom is 0.248 e. The highest BCUT2D eigenvalue weighted by Crippen LogP contribution is 2.35. The minimum Gasteiger partial charge on any atom is -0.273 e. The number of aromatic nitrogens is 1. The third kappa shape index (κ3) is 4.26. The van der Waals surface area contributed by atoms with Crippen LogP contribution in [-0.2, 0) is 4.79 Å². The lowest BCUT2D eigenvalue weighted by atomic mass is 10.3. The Morgan fingerprint density at radius 1 is 1.12 bits per heavy atom. The van der Waals surface area contributed by atoms with E-state index in [9.17, 15) is 4.79 Å². The largest absolute Gasteiger partial charge is 0.273 e. The number of thiazole rings is 1. The second-order valence-electron chi connectivity index (χ2n) is 4.64. The number of amides is 1. The zero-order valence-electron chi connectivity index (χ0n) is 12.0. The highest BCUT2D eigenvalue weighted by atomic mass is 35.5. The molecule has 0 bridgehead atoms. The van der Waals surface area contributed by atoms with Crippen LogP contribution in [0.5, 0.6) is 0 Å². The van der Waals surface area contributed by atoms with E-state index in [1.165, 1.54) is 23.1 Å². The summed E-state index contributed by atoms with van der Waals surface area (Å²) in [6.45, 7) is 0. The molecule has 9 heteroatoms. The van der Waals surface area contributed by atoms with Crippen molar-refractivity contribution in [2.75, 3.05) is 11.2 Å². The number of hydrazine groups is 1. The van der Waals surface area contributed by atoms with Gasteiger partial charge in [0.2, 0.25) is 11.0 Å². The molecule has 0 radical (unpaired) electrons. The van der Waals surface area contributed by atoms with Gasteiger partial charge in [0.05, 0.1) is 20.5 Å². The molecule has 1 aromatic heterocycles. The molecule has 4 nitrogen and oxygen atoms in total. The van der Waals surface area contributed by atoms with Crippen LogP contribution >= 0.6 is 57.9 Å². The summed E-state index contributed by atoms with van der Waals surface area (Å²) in [4.78, 5) is 17.2. The van der Waals surface area contributed by atoms with Crippen molar-refractivity contribution < 1.29 is 4.79 Å². The van der Waals surface area contributed by atoms with E-state index in [-0.39, 0.29) is 11.7 Å². The maximum atomic E-state index is 11.9. The fourth-order valence-corrected chi connectivity index (χ4v) is 3.90. The molecule has 1 amide bonds. The zero-order valence-corrected chi connectivity index (χ0v) is 15.9. The minimum atomic E-state index is -0.168. The summed E-state index contributed by atoms with van der Waals surface area (Å²) in [5.41, 5.74) is 6.02. The fraction of sp³-hybridized carbons (Fsp3) is 0.0667. The normalized spacial score (nSPS) is 10.8. The lowest BCUT2D eigenvalue weighted by Crippen LogP contribution is -2.30. The molecule has 0 aliphatic heterocycles. The van der Waals surface area contributed by atoms with Crippen molar-refractivity contribution in [3.63, 3.8) is 0 Å². The van der Waals surface area contributed by atoms with Gasteiger partial charge < -0.3 is 0 Å². The van der Waals surface area contributed by atoms with E-state index in [2.05, 4.69) is 15.8 Å². The molecular formula is C15H10Cl3N3OS2. The van der Waals surface area contributed by atoms with Crippen LogP contribution in [0.15, 0.2) is 41.3 Å². The smallest absolute Gasteiger partial charge is 0.248 e. The number of rotatable bonds is 5. The first-order valence-corrected chi connectivity index (χ1v) is 9.64. The molecule has 0 fully saturated rings. The van der Waals surface area contributed by atoms with E-state index < -0.39 is 0 Å². The van der Waals surface area contributed by atoms with Crippen LogP contribution in [0.4, 0.5) is 5.13 Å². The number of benzene rings is 2. The Morgan fingerprint density at radius 3 is 2.62 bits per heavy atom. The Hall–Kier alpha value is -1.18. The van der Waals surface area contributed by atoms with Crippen LogP contribution in [0.3, 0.4) is 0 Å². The molecule has 24 heavy (non-hydrogen) atoms. The Morgan fingerprint density at radius 2 is 1.88 bits per heavy atom. The molecule has 0 saturated heterocycles. The number of halogens is 3. The number of nitrogens with one attached hydrogen (secondary N) is 2. The molecule has 0 atom stereocenters. The molecule has 0 saturated carbocycles. The SMILES string of the molecule is O=C(CSc1ccc(Cl)cc1)NNc1nc2c(Cl)c(Cl)ccc2s1. The third-order valence-electron chi connectivity index (χ3n) is 2.94. The van der Waals surface area contributed by atoms with Crippen molar-refractivity contribution >= 4 is 79.2 Å². The van der Waals surface area contributed by atoms with Crippen LogP contribution in [0, 0.1) is 0 Å². The average Bonchev–Trinajstić information content (AvgIpc) is 3.00. The summed E-state index contributed by atoms with van der Waals surface area (Å²) >= 11 is 20.7. The van der Waals surface area contributed by atoms with Gasteiger partial charge in [-0.2, -0.15) is 0 Å². The standard InChI is InChI=1S/C15H10Cl3N3OS2/c16-8-1-3-9(4-2-8)23-7-12(22)20-21-15-19-14-11(24-15)6-5-10(17)13(14)18/h1-6H,7H2,(H,19,21)(H,20,22). The van der Waals surface area contributed by atoms with Gasteiger partial charge in [-0.3, -0.25) is 15.6 Å². The molecule has 0 aliphatic rings. The molecule has 0 spiro atoms. The van der Waals surface area contributed by atoms with Gasteiger partial charge in [-0.05, 0) is 36.4 Å². The topological polar surface area (TPSA) is 54.0 Å². The van der Waals surface area contributed by atoms with Crippen LogP contribution in [0.25, 0.3) is 10.2 Å². The zero-order chi connectivity index (χ0) is 17.1. The maximum absolute atomic E-state index is 11.9. The second kappa shape index (κ2) is 7.80.